The van der Waals surface area contributed by atoms with E-state index in [9.17, 15) is 20.1 Å². The molecule has 0 saturated carbocycles. The Labute approximate surface area is 120 Å². The van der Waals surface area contributed by atoms with Gasteiger partial charge >= 0.3 is 0 Å². The summed E-state index contributed by atoms with van der Waals surface area (Å²) in [6.45, 7) is 6.94. The summed E-state index contributed by atoms with van der Waals surface area (Å²) >= 11 is 0. The summed E-state index contributed by atoms with van der Waals surface area (Å²) in [7, 11) is 0. The van der Waals surface area contributed by atoms with Crippen LogP contribution in [0.3, 0.4) is 0 Å². The minimum absolute atomic E-state index is 0.207. The Hall–Kier alpha value is -0.690. The van der Waals surface area contributed by atoms with Gasteiger partial charge in [0, 0.05) is 5.41 Å². The number of ether oxygens (including phenoxy) is 1. The van der Waals surface area contributed by atoms with Crippen molar-refractivity contribution in [1.29, 1.82) is 0 Å². The predicted molar refractivity (Wildman–Crippen MR) is 74.1 cm³/mol. The van der Waals surface area contributed by atoms with Crippen molar-refractivity contribution in [2.24, 2.45) is 5.41 Å². The molecule has 0 aromatic carbocycles. The van der Waals surface area contributed by atoms with Gasteiger partial charge in [-0.25, -0.2) is 0 Å². The topological polar surface area (TPSA) is 99.0 Å². The van der Waals surface area contributed by atoms with Crippen molar-refractivity contribution >= 4 is 5.91 Å². The summed E-state index contributed by atoms with van der Waals surface area (Å²) in [5, 5.41) is 32.1. The van der Waals surface area contributed by atoms with Crippen LogP contribution in [-0.4, -0.2) is 58.3 Å². The van der Waals surface area contributed by atoms with Gasteiger partial charge < -0.3 is 25.4 Å². The second-order valence-corrected chi connectivity index (χ2v) is 6.41. The second-order valence-electron chi connectivity index (χ2n) is 6.41. The zero-order valence-corrected chi connectivity index (χ0v) is 12.7. The minimum Gasteiger partial charge on any atom is -0.394 e. The van der Waals surface area contributed by atoms with Crippen LogP contribution in [0.25, 0.3) is 0 Å². The fourth-order valence-corrected chi connectivity index (χ4v) is 2.27. The maximum atomic E-state index is 12.1. The fraction of sp³-hybridized carbons (Fsp3) is 0.929. The Kier molecular flexibility index (Phi) is 5.94. The van der Waals surface area contributed by atoms with Crippen LogP contribution in [0.4, 0.5) is 0 Å². The first kappa shape index (κ1) is 17.4. The fourth-order valence-electron chi connectivity index (χ4n) is 2.27. The van der Waals surface area contributed by atoms with Crippen LogP contribution in [0.15, 0.2) is 0 Å². The van der Waals surface area contributed by atoms with E-state index < -0.39 is 35.9 Å². The third-order valence-electron chi connectivity index (χ3n) is 3.58. The summed E-state index contributed by atoms with van der Waals surface area (Å²) in [6, 6.07) is -0.667. The molecule has 6 nitrogen and oxygen atoms in total. The molecule has 0 radical (unpaired) electrons. The molecule has 0 spiro atoms. The Morgan fingerprint density at radius 2 is 1.80 bits per heavy atom. The summed E-state index contributed by atoms with van der Waals surface area (Å²) < 4.78 is 5.61. The van der Waals surface area contributed by atoms with E-state index in [0.717, 1.165) is 6.42 Å². The first-order valence-electron chi connectivity index (χ1n) is 7.15. The van der Waals surface area contributed by atoms with E-state index in [1.807, 2.05) is 6.92 Å². The van der Waals surface area contributed by atoms with E-state index in [1.165, 1.54) is 0 Å². The van der Waals surface area contributed by atoms with Crippen LogP contribution in [0.1, 0.15) is 40.5 Å². The predicted octanol–water partition coefficient (Wildman–Crippen LogP) is -0.201. The maximum Gasteiger partial charge on any atom is 0.225 e. The van der Waals surface area contributed by atoms with Crippen LogP contribution in [0, 0.1) is 5.41 Å². The normalized spacial score (nSPS) is 34.9. The van der Waals surface area contributed by atoms with Gasteiger partial charge in [-0.05, 0) is 6.42 Å². The molecule has 0 bridgehead atoms. The van der Waals surface area contributed by atoms with Gasteiger partial charge in [0.15, 0.2) is 0 Å². The molecule has 0 aromatic heterocycles. The van der Waals surface area contributed by atoms with Crippen molar-refractivity contribution in [3.8, 4) is 0 Å². The number of aliphatic hydroxyl groups excluding tert-OH is 3. The molecular weight excluding hydrogens is 262 g/mol. The molecule has 6 heteroatoms. The number of carbonyl (C=O) groups is 1. The van der Waals surface area contributed by atoms with Crippen molar-refractivity contribution in [3.63, 3.8) is 0 Å². The highest BCUT2D eigenvalue weighted by Gasteiger charge is 2.45. The number of hydrogen-bond donors (Lipinski definition) is 4. The number of carbonyl (C=O) groups excluding carboxylic acids is 1. The smallest absolute Gasteiger partial charge is 0.225 e. The molecule has 1 saturated heterocycles. The number of amides is 1. The molecule has 4 N–H and O–H groups in total. The number of nitrogens with one attached hydrogen (secondary N) is 1. The summed E-state index contributed by atoms with van der Waals surface area (Å²) in [5.74, 6) is -0.207. The van der Waals surface area contributed by atoms with Crippen molar-refractivity contribution < 1.29 is 24.9 Å². The first-order valence-corrected chi connectivity index (χ1v) is 7.15. The summed E-state index contributed by atoms with van der Waals surface area (Å²) in [6.07, 6.45) is -2.14. The molecule has 1 rings (SSSR count). The van der Waals surface area contributed by atoms with Crippen LogP contribution < -0.4 is 5.32 Å². The van der Waals surface area contributed by atoms with Crippen LogP contribution in [0.2, 0.25) is 0 Å². The molecule has 5 atom stereocenters. The molecule has 0 unspecified atom stereocenters. The lowest BCUT2D eigenvalue weighted by atomic mass is 9.88. The number of aliphatic hydroxyl groups is 3. The Bertz CT molecular complexity index is 328. The van der Waals surface area contributed by atoms with Crippen molar-refractivity contribution in [2.45, 2.75) is 71.0 Å². The van der Waals surface area contributed by atoms with E-state index in [-0.39, 0.29) is 12.5 Å². The third-order valence-corrected chi connectivity index (χ3v) is 3.58. The van der Waals surface area contributed by atoms with Gasteiger partial charge in [-0.15, -0.1) is 0 Å². The summed E-state index contributed by atoms with van der Waals surface area (Å²) in [5.41, 5.74) is -0.588. The lowest BCUT2D eigenvalue weighted by molar-refractivity contribution is -0.197. The number of rotatable bonds is 4. The van der Waals surface area contributed by atoms with Gasteiger partial charge in [-0.1, -0.05) is 34.1 Å². The van der Waals surface area contributed by atoms with Gasteiger partial charge in [0.25, 0.3) is 0 Å². The average molecular weight is 289 g/mol. The molecule has 1 heterocycles. The largest absolute Gasteiger partial charge is 0.394 e. The maximum absolute atomic E-state index is 12.1. The summed E-state index contributed by atoms with van der Waals surface area (Å²) in [4.78, 5) is 12.1. The van der Waals surface area contributed by atoms with Crippen LogP contribution in [0.5, 0.6) is 0 Å². The lowest BCUT2D eigenvalue weighted by Crippen LogP contribution is -2.64. The Balaban J connectivity index is 2.86. The van der Waals surface area contributed by atoms with Crippen LogP contribution >= 0.6 is 0 Å². The number of hydrogen-bond acceptors (Lipinski definition) is 5. The van der Waals surface area contributed by atoms with Gasteiger partial charge in [-0.2, -0.15) is 0 Å². The third kappa shape index (κ3) is 3.91. The highest BCUT2D eigenvalue weighted by molar-refractivity contribution is 5.81. The van der Waals surface area contributed by atoms with Crippen molar-refractivity contribution in [2.75, 3.05) is 6.61 Å². The lowest BCUT2D eigenvalue weighted by Gasteiger charge is -2.43. The molecule has 1 aliphatic heterocycles. The van der Waals surface area contributed by atoms with Gasteiger partial charge in [0.1, 0.15) is 18.3 Å². The van der Waals surface area contributed by atoms with Gasteiger partial charge in [0.05, 0.1) is 18.8 Å². The molecule has 118 valence electrons. The Morgan fingerprint density at radius 1 is 1.20 bits per heavy atom. The quantitative estimate of drug-likeness (QED) is 0.574. The zero-order valence-electron chi connectivity index (χ0n) is 12.7. The highest BCUT2D eigenvalue weighted by Crippen LogP contribution is 2.25. The SMILES string of the molecule is CCC[C@H]1O[C@H](CO)[C@@H](O)[C@H](O)[C@H]1NC(=O)C(C)(C)C. The second kappa shape index (κ2) is 6.85. The average Bonchev–Trinajstić information content (AvgIpc) is 2.36. The monoisotopic (exact) mass is 289 g/mol. The molecule has 1 aliphatic rings. The van der Waals surface area contributed by atoms with Crippen molar-refractivity contribution in [1.82, 2.24) is 5.32 Å². The van der Waals surface area contributed by atoms with E-state index >= 15 is 0 Å². The minimum atomic E-state index is -1.21. The molecule has 0 aliphatic carbocycles. The van der Waals surface area contributed by atoms with Gasteiger partial charge in [0.2, 0.25) is 5.91 Å². The highest BCUT2D eigenvalue weighted by atomic mass is 16.5. The first-order chi connectivity index (χ1) is 9.22. The molecule has 20 heavy (non-hydrogen) atoms. The Morgan fingerprint density at radius 3 is 2.25 bits per heavy atom. The van der Waals surface area contributed by atoms with E-state index in [2.05, 4.69) is 5.32 Å². The standard InChI is InChI=1S/C14H27NO5/c1-5-6-8-10(15-13(19)14(2,3)4)12(18)11(17)9(7-16)20-8/h8-12,16-18H,5-7H2,1-4H3,(H,15,19)/t8-,9-,10+,11-,12-/m1/s1. The molecular formula is C14H27NO5. The van der Waals surface area contributed by atoms with Crippen LogP contribution in [-0.2, 0) is 9.53 Å². The van der Waals surface area contributed by atoms with E-state index in [0.29, 0.717) is 6.42 Å². The van der Waals surface area contributed by atoms with E-state index in [1.54, 1.807) is 20.8 Å². The zero-order chi connectivity index (χ0) is 15.5. The van der Waals surface area contributed by atoms with Gasteiger partial charge in [-0.3, -0.25) is 4.79 Å². The van der Waals surface area contributed by atoms with Crippen molar-refractivity contribution in [3.05, 3.63) is 0 Å². The molecule has 1 amide bonds. The van der Waals surface area contributed by atoms with E-state index in [4.69, 9.17) is 4.74 Å². The molecule has 1 fully saturated rings. The molecule has 0 aromatic rings.